The summed E-state index contributed by atoms with van der Waals surface area (Å²) in [7, 11) is 0. The van der Waals surface area contributed by atoms with Crippen LogP contribution in [0.5, 0.6) is 0 Å². The molecule has 4 heteroatoms. The predicted octanol–water partition coefficient (Wildman–Crippen LogP) is 1.63. The molecule has 3 N–H and O–H groups in total. The molecule has 0 radical (unpaired) electrons. The first-order valence-corrected chi connectivity index (χ1v) is 6.08. The number of ether oxygens (including phenoxy) is 1. The number of halogens is 1. The van der Waals surface area contributed by atoms with Crippen LogP contribution in [0.25, 0.3) is 0 Å². The molecule has 3 nitrogen and oxygen atoms in total. The van der Waals surface area contributed by atoms with Gasteiger partial charge in [-0.25, -0.2) is 4.39 Å². The van der Waals surface area contributed by atoms with Crippen LogP contribution in [0, 0.1) is 11.7 Å². The number of nitrogens with two attached hydrogens (primary N) is 1. The van der Waals surface area contributed by atoms with Crippen molar-refractivity contribution >= 4 is 0 Å². The molecule has 1 aromatic carbocycles. The first-order chi connectivity index (χ1) is 8.29. The predicted molar refractivity (Wildman–Crippen MR) is 64.8 cm³/mol. The summed E-state index contributed by atoms with van der Waals surface area (Å²) in [6, 6.07) is 6.90. The van der Waals surface area contributed by atoms with Crippen molar-refractivity contribution in [2.24, 2.45) is 11.8 Å². The second-order valence-electron chi connectivity index (χ2n) is 4.56. The van der Waals surface area contributed by atoms with Crippen molar-refractivity contribution in [3.05, 3.63) is 35.6 Å². The zero-order chi connectivity index (χ0) is 12.1. The summed E-state index contributed by atoms with van der Waals surface area (Å²) in [5.74, 6) is 5.93. The largest absolute Gasteiger partial charge is 0.381 e. The van der Waals surface area contributed by atoms with E-state index >= 15 is 0 Å². The molecule has 0 spiro atoms. The standard InChI is InChI=1S/C13H19FN2O/c14-12-3-1-2-10(8-12)9-13(16-15)11-4-6-17-7-5-11/h1-3,8,11,13,16H,4-7,9,15H2. The van der Waals surface area contributed by atoms with Crippen molar-refractivity contribution in [2.75, 3.05) is 13.2 Å². The third-order valence-electron chi connectivity index (χ3n) is 3.39. The van der Waals surface area contributed by atoms with E-state index in [9.17, 15) is 4.39 Å². The molecule has 1 aliphatic rings. The fraction of sp³-hybridized carbons (Fsp3) is 0.538. The van der Waals surface area contributed by atoms with Crippen LogP contribution >= 0.6 is 0 Å². The molecule has 2 rings (SSSR count). The fourth-order valence-corrected chi connectivity index (χ4v) is 2.40. The summed E-state index contributed by atoms with van der Waals surface area (Å²) in [4.78, 5) is 0. The molecule has 1 atom stereocenters. The monoisotopic (exact) mass is 238 g/mol. The number of hydrogen-bond acceptors (Lipinski definition) is 3. The van der Waals surface area contributed by atoms with E-state index in [4.69, 9.17) is 10.6 Å². The van der Waals surface area contributed by atoms with Gasteiger partial charge in [-0.3, -0.25) is 11.3 Å². The molecule has 0 bridgehead atoms. The van der Waals surface area contributed by atoms with Crippen LogP contribution in [0.2, 0.25) is 0 Å². The van der Waals surface area contributed by atoms with Gasteiger partial charge in [-0.15, -0.1) is 0 Å². The molecule has 1 aromatic rings. The quantitative estimate of drug-likeness (QED) is 0.619. The number of rotatable bonds is 4. The van der Waals surface area contributed by atoms with Crippen LogP contribution in [0.4, 0.5) is 4.39 Å². The van der Waals surface area contributed by atoms with E-state index in [-0.39, 0.29) is 11.9 Å². The molecule has 1 aliphatic heterocycles. The van der Waals surface area contributed by atoms with Gasteiger partial charge in [-0.05, 0) is 42.9 Å². The Morgan fingerprint density at radius 1 is 1.41 bits per heavy atom. The number of hydrogen-bond donors (Lipinski definition) is 2. The average molecular weight is 238 g/mol. The summed E-state index contributed by atoms with van der Waals surface area (Å²) in [6.07, 6.45) is 2.80. The van der Waals surface area contributed by atoms with Crippen LogP contribution in [0.3, 0.4) is 0 Å². The van der Waals surface area contributed by atoms with Crippen LogP contribution in [0.15, 0.2) is 24.3 Å². The van der Waals surface area contributed by atoms with Gasteiger partial charge < -0.3 is 4.74 Å². The van der Waals surface area contributed by atoms with Gasteiger partial charge in [0.1, 0.15) is 5.82 Å². The van der Waals surface area contributed by atoms with E-state index in [0.717, 1.165) is 38.0 Å². The molecule has 1 fully saturated rings. The van der Waals surface area contributed by atoms with Gasteiger partial charge in [0.2, 0.25) is 0 Å². The lowest BCUT2D eigenvalue weighted by atomic mass is 9.88. The van der Waals surface area contributed by atoms with Crippen molar-refractivity contribution in [3.8, 4) is 0 Å². The molecule has 94 valence electrons. The van der Waals surface area contributed by atoms with E-state index in [2.05, 4.69) is 5.43 Å². The first-order valence-electron chi connectivity index (χ1n) is 6.08. The molecular weight excluding hydrogens is 219 g/mol. The van der Waals surface area contributed by atoms with Gasteiger partial charge >= 0.3 is 0 Å². The van der Waals surface area contributed by atoms with E-state index < -0.39 is 0 Å². The zero-order valence-electron chi connectivity index (χ0n) is 9.86. The van der Waals surface area contributed by atoms with Gasteiger partial charge in [0.25, 0.3) is 0 Å². The Balaban J connectivity index is 1.98. The van der Waals surface area contributed by atoms with Crippen LogP contribution < -0.4 is 11.3 Å². The Kier molecular flexibility index (Phi) is 4.48. The highest BCUT2D eigenvalue weighted by Gasteiger charge is 2.23. The molecule has 1 unspecified atom stereocenters. The third kappa shape index (κ3) is 3.49. The number of hydrazine groups is 1. The first kappa shape index (κ1) is 12.5. The number of nitrogens with one attached hydrogen (secondary N) is 1. The average Bonchev–Trinajstić information content (AvgIpc) is 2.37. The van der Waals surface area contributed by atoms with E-state index in [0.29, 0.717) is 5.92 Å². The lowest BCUT2D eigenvalue weighted by molar-refractivity contribution is 0.0538. The van der Waals surface area contributed by atoms with Gasteiger partial charge in [0.15, 0.2) is 0 Å². The summed E-state index contributed by atoms with van der Waals surface area (Å²) in [5.41, 5.74) is 3.85. The van der Waals surface area contributed by atoms with Crippen LogP contribution in [0.1, 0.15) is 18.4 Å². The third-order valence-corrected chi connectivity index (χ3v) is 3.39. The van der Waals surface area contributed by atoms with Gasteiger partial charge in [0.05, 0.1) is 0 Å². The minimum atomic E-state index is -0.190. The lowest BCUT2D eigenvalue weighted by Crippen LogP contribution is -2.44. The fourth-order valence-electron chi connectivity index (χ4n) is 2.40. The summed E-state index contributed by atoms with van der Waals surface area (Å²) in [5, 5.41) is 0. The van der Waals surface area contributed by atoms with Gasteiger partial charge in [-0.1, -0.05) is 12.1 Å². The summed E-state index contributed by atoms with van der Waals surface area (Å²) in [6.45, 7) is 1.60. The van der Waals surface area contributed by atoms with E-state index in [1.165, 1.54) is 6.07 Å². The van der Waals surface area contributed by atoms with Crippen molar-refractivity contribution < 1.29 is 9.13 Å². The maximum atomic E-state index is 13.1. The normalized spacial score (nSPS) is 19.2. The Labute approximate surface area is 101 Å². The molecule has 0 aliphatic carbocycles. The Hall–Kier alpha value is -0.970. The maximum absolute atomic E-state index is 13.1. The highest BCUT2D eigenvalue weighted by atomic mass is 19.1. The second-order valence-corrected chi connectivity index (χ2v) is 4.56. The minimum absolute atomic E-state index is 0.190. The van der Waals surface area contributed by atoms with Crippen molar-refractivity contribution in [1.29, 1.82) is 0 Å². The van der Waals surface area contributed by atoms with Crippen molar-refractivity contribution in [2.45, 2.75) is 25.3 Å². The molecule has 0 aromatic heterocycles. The van der Waals surface area contributed by atoms with Crippen molar-refractivity contribution in [1.82, 2.24) is 5.43 Å². The van der Waals surface area contributed by atoms with Gasteiger partial charge in [0, 0.05) is 19.3 Å². The Bertz CT molecular complexity index is 353. The Morgan fingerprint density at radius 2 is 2.18 bits per heavy atom. The maximum Gasteiger partial charge on any atom is 0.123 e. The van der Waals surface area contributed by atoms with E-state index in [1.54, 1.807) is 12.1 Å². The van der Waals surface area contributed by atoms with Crippen LogP contribution in [-0.4, -0.2) is 19.3 Å². The van der Waals surface area contributed by atoms with E-state index in [1.807, 2.05) is 6.07 Å². The number of benzene rings is 1. The molecule has 17 heavy (non-hydrogen) atoms. The summed E-state index contributed by atoms with van der Waals surface area (Å²) >= 11 is 0. The van der Waals surface area contributed by atoms with Crippen molar-refractivity contribution in [3.63, 3.8) is 0 Å². The minimum Gasteiger partial charge on any atom is -0.381 e. The Morgan fingerprint density at radius 3 is 2.82 bits per heavy atom. The molecule has 1 heterocycles. The lowest BCUT2D eigenvalue weighted by Gasteiger charge is -2.29. The molecule has 1 saturated heterocycles. The molecule has 0 saturated carbocycles. The summed E-state index contributed by atoms with van der Waals surface area (Å²) < 4.78 is 18.4. The molecule has 0 amide bonds. The highest BCUT2D eigenvalue weighted by molar-refractivity contribution is 5.17. The smallest absolute Gasteiger partial charge is 0.123 e. The SMILES string of the molecule is NNC(Cc1cccc(F)c1)C1CCOCC1. The molecular formula is C13H19FN2O. The highest BCUT2D eigenvalue weighted by Crippen LogP contribution is 2.21. The van der Waals surface area contributed by atoms with Crippen LogP contribution in [-0.2, 0) is 11.2 Å². The van der Waals surface area contributed by atoms with Gasteiger partial charge in [-0.2, -0.15) is 0 Å². The zero-order valence-corrected chi connectivity index (χ0v) is 9.86. The topological polar surface area (TPSA) is 47.3 Å². The second kappa shape index (κ2) is 6.10.